The number of alkyl halides is 2. The lowest BCUT2D eigenvalue weighted by atomic mass is 10.1. The number of nitrogens with one attached hydrogen (secondary N) is 1. The van der Waals surface area contributed by atoms with Gasteiger partial charge in [0.15, 0.2) is 0 Å². The predicted molar refractivity (Wildman–Crippen MR) is 92.2 cm³/mol. The van der Waals surface area contributed by atoms with Gasteiger partial charge < -0.3 is 5.32 Å². The fourth-order valence-electron chi connectivity index (χ4n) is 1.95. The van der Waals surface area contributed by atoms with E-state index in [9.17, 15) is 8.78 Å². The molecule has 21 heavy (non-hydrogen) atoms. The Hall–Kier alpha value is -0.590. The van der Waals surface area contributed by atoms with Gasteiger partial charge in [-0.3, -0.25) is 0 Å². The minimum Gasteiger partial charge on any atom is -0.378 e. The van der Waals surface area contributed by atoms with Crippen molar-refractivity contribution in [1.82, 2.24) is 0 Å². The van der Waals surface area contributed by atoms with E-state index in [-0.39, 0.29) is 6.04 Å². The molecule has 0 bridgehead atoms. The van der Waals surface area contributed by atoms with Crippen LogP contribution in [0.4, 0.5) is 14.5 Å². The van der Waals surface area contributed by atoms with Crippen molar-refractivity contribution < 1.29 is 8.78 Å². The number of rotatable bonds is 5. The average molecular weight is 437 g/mol. The minimum absolute atomic E-state index is 0.00750. The highest BCUT2D eigenvalue weighted by Gasteiger charge is 2.14. The fraction of sp³-hybridized carbons (Fsp3) is 0.200. The molecular weight excluding hydrogens is 424 g/mol. The zero-order valence-electron chi connectivity index (χ0n) is 11.1. The fourth-order valence-corrected chi connectivity index (χ4v) is 3.94. The largest absolute Gasteiger partial charge is 0.378 e. The van der Waals surface area contributed by atoms with Gasteiger partial charge in [-0.05, 0) is 36.8 Å². The molecule has 1 atom stereocenters. The van der Waals surface area contributed by atoms with Gasteiger partial charge in [0, 0.05) is 25.6 Å². The Morgan fingerprint density at radius 3 is 2.48 bits per heavy atom. The van der Waals surface area contributed by atoms with E-state index >= 15 is 0 Å². The number of hydrogen-bond donors (Lipinski definition) is 1. The predicted octanol–water partition coefficient (Wildman–Crippen LogP) is 6.70. The molecule has 0 saturated carbocycles. The minimum atomic E-state index is -2.43. The summed E-state index contributed by atoms with van der Waals surface area (Å²) in [4.78, 5) is 0.549. The SMILES string of the molecule is CC(Nc1ccccc1SC(F)F)c1ccc(Br)cc1Br. The summed E-state index contributed by atoms with van der Waals surface area (Å²) in [5.41, 5.74) is 1.78. The normalized spacial score (nSPS) is 12.5. The van der Waals surface area contributed by atoms with Gasteiger partial charge in [-0.2, -0.15) is 8.78 Å². The van der Waals surface area contributed by atoms with E-state index in [1.165, 1.54) is 0 Å². The number of hydrogen-bond acceptors (Lipinski definition) is 2. The zero-order valence-corrected chi connectivity index (χ0v) is 15.1. The maximum absolute atomic E-state index is 12.6. The van der Waals surface area contributed by atoms with Gasteiger partial charge in [-0.15, -0.1) is 0 Å². The highest BCUT2D eigenvalue weighted by Crippen LogP contribution is 2.35. The second-order valence-corrected chi connectivity index (χ2v) is 7.21. The highest BCUT2D eigenvalue weighted by molar-refractivity contribution is 9.11. The highest BCUT2D eigenvalue weighted by atomic mass is 79.9. The first kappa shape index (κ1) is 16.8. The summed E-state index contributed by atoms with van der Waals surface area (Å²) in [5.74, 6) is -2.43. The summed E-state index contributed by atoms with van der Waals surface area (Å²) in [6.07, 6.45) is 0. The molecule has 1 unspecified atom stereocenters. The van der Waals surface area contributed by atoms with Crippen molar-refractivity contribution in [1.29, 1.82) is 0 Å². The van der Waals surface area contributed by atoms with E-state index in [0.717, 1.165) is 14.5 Å². The van der Waals surface area contributed by atoms with Crippen LogP contribution in [0.5, 0.6) is 0 Å². The Labute approximate surface area is 143 Å². The molecule has 0 radical (unpaired) electrons. The second kappa shape index (κ2) is 7.61. The Morgan fingerprint density at radius 1 is 1.10 bits per heavy atom. The first-order valence-corrected chi connectivity index (χ1v) is 8.69. The zero-order chi connectivity index (χ0) is 15.4. The number of benzene rings is 2. The molecule has 0 aliphatic carbocycles. The third-order valence-electron chi connectivity index (χ3n) is 2.90. The van der Waals surface area contributed by atoms with Crippen molar-refractivity contribution in [2.75, 3.05) is 5.32 Å². The molecule has 0 aliphatic heterocycles. The molecule has 0 amide bonds. The third-order valence-corrected chi connectivity index (χ3v) is 4.87. The average Bonchev–Trinajstić information content (AvgIpc) is 2.40. The summed E-state index contributed by atoms with van der Waals surface area (Å²) in [6.45, 7) is 2.00. The van der Waals surface area contributed by atoms with Crippen molar-refractivity contribution in [2.24, 2.45) is 0 Å². The maximum atomic E-state index is 12.6. The van der Waals surface area contributed by atoms with Gasteiger partial charge in [0.1, 0.15) is 0 Å². The van der Waals surface area contributed by atoms with E-state index in [2.05, 4.69) is 37.2 Å². The molecule has 2 aromatic rings. The summed E-state index contributed by atoms with van der Waals surface area (Å²) in [7, 11) is 0. The third kappa shape index (κ3) is 4.69. The molecule has 1 N–H and O–H groups in total. The first-order valence-electron chi connectivity index (χ1n) is 6.22. The number of para-hydroxylation sites is 1. The Kier molecular flexibility index (Phi) is 6.08. The van der Waals surface area contributed by atoms with Crippen LogP contribution < -0.4 is 5.32 Å². The molecule has 2 rings (SSSR count). The molecule has 112 valence electrons. The Morgan fingerprint density at radius 2 is 1.81 bits per heavy atom. The van der Waals surface area contributed by atoms with Gasteiger partial charge in [0.2, 0.25) is 0 Å². The van der Waals surface area contributed by atoms with Crippen molar-refractivity contribution in [3.05, 3.63) is 57.0 Å². The van der Waals surface area contributed by atoms with Gasteiger partial charge in [-0.25, -0.2) is 0 Å². The van der Waals surface area contributed by atoms with Crippen LogP contribution in [0.15, 0.2) is 56.3 Å². The number of thioether (sulfide) groups is 1. The monoisotopic (exact) mass is 435 g/mol. The van der Waals surface area contributed by atoms with Crippen LogP contribution in [0.2, 0.25) is 0 Å². The van der Waals surface area contributed by atoms with E-state index in [1.807, 2.05) is 37.3 Å². The van der Waals surface area contributed by atoms with E-state index in [1.54, 1.807) is 12.1 Å². The molecule has 0 heterocycles. The van der Waals surface area contributed by atoms with Crippen LogP contribution in [-0.2, 0) is 0 Å². The van der Waals surface area contributed by atoms with Crippen LogP contribution in [0.25, 0.3) is 0 Å². The number of anilines is 1. The van der Waals surface area contributed by atoms with Gasteiger partial charge in [0.25, 0.3) is 5.76 Å². The molecule has 0 spiro atoms. The van der Waals surface area contributed by atoms with Crippen LogP contribution in [-0.4, -0.2) is 5.76 Å². The molecule has 0 aromatic heterocycles. The van der Waals surface area contributed by atoms with Crippen molar-refractivity contribution in [3.63, 3.8) is 0 Å². The van der Waals surface area contributed by atoms with Gasteiger partial charge >= 0.3 is 0 Å². The number of halogens is 4. The van der Waals surface area contributed by atoms with Crippen LogP contribution >= 0.6 is 43.6 Å². The van der Waals surface area contributed by atoms with E-state index in [0.29, 0.717) is 22.3 Å². The Bertz CT molecular complexity index is 622. The first-order chi connectivity index (χ1) is 9.97. The van der Waals surface area contributed by atoms with Crippen LogP contribution in [0, 0.1) is 0 Å². The van der Waals surface area contributed by atoms with Gasteiger partial charge in [0.05, 0.1) is 0 Å². The van der Waals surface area contributed by atoms with E-state index in [4.69, 9.17) is 0 Å². The smallest absolute Gasteiger partial charge is 0.288 e. The van der Waals surface area contributed by atoms with Gasteiger partial charge in [-0.1, -0.05) is 61.8 Å². The van der Waals surface area contributed by atoms with Crippen LogP contribution in [0.3, 0.4) is 0 Å². The molecule has 2 aromatic carbocycles. The maximum Gasteiger partial charge on any atom is 0.288 e. The lowest BCUT2D eigenvalue weighted by Gasteiger charge is -2.19. The molecular formula is C15H13Br2F2NS. The quantitative estimate of drug-likeness (QED) is 0.523. The summed E-state index contributed by atoms with van der Waals surface area (Å²) in [6, 6.07) is 13.0. The molecule has 0 saturated heterocycles. The summed E-state index contributed by atoms with van der Waals surface area (Å²) in [5, 5.41) is 3.29. The molecule has 0 aliphatic rings. The summed E-state index contributed by atoms with van der Waals surface area (Å²) < 4.78 is 27.1. The molecule has 0 fully saturated rings. The van der Waals surface area contributed by atoms with E-state index < -0.39 is 5.76 Å². The second-order valence-electron chi connectivity index (χ2n) is 4.41. The van der Waals surface area contributed by atoms with Crippen molar-refractivity contribution in [2.45, 2.75) is 23.6 Å². The van der Waals surface area contributed by atoms with Crippen molar-refractivity contribution in [3.8, 4) is 0 Å². The molecule has 1 nitrogen and oxygen atoms in total. The summed E-state index contributed by atoms with van der Waals surface area (Å²) >= 11 is 7.49. The van der Waals surface area contributed by atoms with Crippen LogP contribution in [0.1, 0.15) is 18.5 Å². The topological polar surface area (TPSA) is 12.0 Å². The van der Waals surface area contributed by atoms with Crippen molar-refractivity contribution >= 4 is 49.3 Å². The lowest BCUT2D eigenvalue weighted by Crippen LogP contribution is -2.08. The molecule has 6 heteroatoms. The Balaban J connectivity index is 2.21. The lowest BCUT2D eigenvalue weighted by molar-refractivity contribution is 0.252. The standard InChI is InChI=1S/C15H13Br2F2NS/c1-9(11-7-6-10(16)8-12(11)17)20-13-4-2-3-5-14(13)21-15(18)19/h2-9,15,20H,1H3.